The van der Waals surface area contributed by atoms with Crippen LogP contribution >= 0.6 is 0 Å². The zero-order chi connectivity index (χ0) is 14.0. The van der Waals surface area contributed by atoms with Gasteiger partial charge >= 0.3 is 5.25 Å². The molecule has 0 aromatic heterocycles. The maximum atomic E-state index is 13.0. The molecule has 1 atom stereocenters. The van der Waals surface area contributed by atoms with E-state index in [0.717, 1.165) is 24.1 Å². The molecule has 6 heteroatoms. The van der Waals surface area contributed by atoms with E-state index in [9.17, 15) is 21.6 Å². The molecule has 0 aliphatic heterocycles. The van der Waals surface area contributed by atoms with Gasteiger partial charge in [0.15, 0.2) is 6.67 Å². The molecule has 2 nitrogen and oxygen atoms in total. The second kappa shape index (κ2) is 5.30. The van der Waals surface area contributed by atoms with Crippen molar-refractivity contribution in [2.75, 3.05) is 6.67 Å². The van der Waals surface area contributed by atoms with Crippen molar-refractivity contribution in [3.63, 3.8) is 0 Å². The van der Waals surface area contributed by atoms with E-state index in [1.807, 2.05) is 13.8 Å². The number of hydrogen-bond acceptors (Lipinski definition) is 2. The van der Waals surface area contributed by atoms with Gasteiger partial charge in [0.25, 0.3) is 0 Å². The Morgan fingerprint density at radius 1 is 1.22 bits per heavy atom. The molecule has 1 unspecified atom stereocenters. The normalized spacial score (nSPS) is 14.5. The number of halogens is 3. The van der Waals surface area contributed by atoms with Gasteiger partial charge in [-0.15, -0.1) is 0 Å². The fourth-order valence-electron chi connectivity index (χ4n) is 1.46. The average molecular weight is 280 g/mol. The van der Waals surface area contributed by atoms with Crippen LogP contribution in [0.5, 0.6) is 0 Å². The molecule has 0 saturated heterocycles. The van der Waals surface area contributed by atoms with E-state index in [4.69, 9.17) is 0 Å². The summed E-state index contributed by atoms with van der Waals surface area (Å²) in [5, 5.41) is -4.37. The van der Waals surface area contributed by atoms with E-state index in [-0.39, 0.29) is 5.92 Å². The smallest absolute Gasteiger partial charge is 0.243 e. The fourth-order valence-corrected chi connectivity index (χ4v) is 2.44. The van der Waals surface area contributed by atoms with Crippen molar-refractivity contribution < 1.29 is 21.6 Å². The second-order valence-electron chi connectivity index (χ2n) is 4.15. The maximum Gasteiger partial charge on any atom is 0.377 e. The zero-order valence-corrected chi connectivity index (χ0v) is 11.0. The van der Waals surface area contributed by atoms with Gasteiger partial charge in [-0.05, 0) is 30.0 Å². The minimum absolute atomic E-state index is 0.212. The highest BCUT2D eigenvalue weighted by Gasteiger charge is 2.46. The number of benzene rings is 1. The molecule has 0 N–H and O–H groups in total. The molecule has 0 heterocycles. The van der Waals surface area contributed by atoms with E-state index in [2.05, 4.69) is 0 Å². The zero-order valence-electron chi connectivity index (χ0n) is 10.2. The molecule has 102 valence electrons. The number of alkyl halides is 3. The summed E-state index contributed by atoms with van der Waals surface area (Å²) in [6, 6.07) is 5.16. The van der Waals surface area contributed by atoms with Gasteiger partial charge in [-0.25, -0.2) is 12.8 Å². The summed E-state index contributed by atoms with van der Waals surface area (Å²) in [4.78, 5) is -0.558. The quantitative estimate of drug-likeness (QED) is 0.826. The fraction of sp³-hybridized carbons (Fsp3) is 0.500. The third-order valence-corrected chi connectivity index (χ3v) is 4.71. The molecule has 18 heavy (non-hydrogen) atoms. The Balaban J connectivity index is 3.13. The van der Waals surface area contributed by atoms with Crippen molar-refractivity contribution in [3.05, 3.63) is 29.8 Å². The largest absolute Gasteiger partial charge is 0.377 e. The van der Waals surface area contributed by atoms with Crippen molar-refractivity contribution in [2.45, 2.75) is 36.3 Å². The Kier molecular flexibility index (Phi) is 4.42. The lowest BCUT2D eigenvalue weighted by Gasteiger charge is -2.14. The van der Waals surface area contributed by atoms with Gasteiger partial charge < -0.3 is 0 Å². The van der Waals surface area contributed by atoms with Crippen LogP contribution in [0.25, 0.3) is 0 Å². The first-order valence-electron chi connectivity index (χ1n) is 5.54. The predicted octanol–water partition coefficient (Wildman–Crippen LogP) is 3.54. The first-order valence-corrected chi connectivity index (χ1v) is 7.03. The molecule has 1 aromatic carbocycles. The van der Waals surface area contributed by atoms with E-state index in [1.165, 1.54) is 12.1 Å². The van der Waals surface area contributed by atoms with E-state index < -0.39 is 26.7 Å². The molecule has 0 bridgehead atoms. The van der Waals surface area contributed by atoms with Crippen LogP contribution in [0, 0.1) is 0 Å². The summed E-state index contributed by atoms with van der Waals surface area (Å²) in [7, 11) is -4.95. The first-order chi connectivity index (χ1) is 8.26. The summed E-state index contributed by atoms with van der Waals surface area (Å²) in [6.07, 6.45) is 0.854. The summed E-state index contributed by atoms with van der Waals surface area (Å²) in [5.41, 5.74) is 0.861. The Labute approximate surface area is 105 Å². The van der Waals surface area contributed by atoms with Crippen molar-refractivity contribution in [3.8, 4) is 0 Å². The highest BCUT2D eigenvalue weighted by atomic mass is 32.2. The standard InChI is InChI=1S/C12H15F3O2S/c1-3-9(2)10-4-6-11(7-5-10)18(16,17)12(14,15)8-13/h4-7,9H,3,8H2,1-2H3. The lowest BCUT2D eigenvalue weighted by atomic mass is 9.99. The molecule has 0 amide bonds. The third kappa shape index (κ3) is 2.68. The van der Waals surface area contributed by atoms with Crippen LogP contribution < -0.4 is 0 Å². The van der Waals surface area contributed by atoms with Gasteiger partial charge in [-0.1, -0.05) is 26.0 Å². The summed E-state index contributed by atoms with van der Waals surface area (Å²) >= 11 is 0. The van der Waals surface area contributed by atoms with Gasteiger partial charge in [0.05, 0.1) is 4.90 Å². The van der Waals surface area contributed by atoms with E-state index in [1.54, 1.807) is 0 Å². The summed E-state index contributed by atoms with van der Waals surface area (Å²) in [5.74, 6) is 0.212. The molecule has 0 aliphatic rings. The Hall–Kier alpha value is -1.04. The minimum Gasteiger partial charge on any atom is -0.243 e. The monoisotopic (exact) mass is 280 g/mol. The van der Waals surface area contributed by atoms with E-state index in [0.29, 0.717) is 0 Å². The molecule has 0 radical (unpaired) electrons. The molecular formula is C12H15F3O2S. The van der Waals surface area contributed by atoms with Gasteiger partial charge in [0, 0.05) is 0 Å². The van der Waals surface area contributed by atoms with Crippen LogP contribution in [0.15, 0.2) is 29.2 Å². The van der Waals surface area contributed by atoms with Crippen molar-refractivity contribution in [1.82, 2.24) is 0 Å². The molecule has 1 rings (SSSR count). The van der Waals surface area contributed by atoms with E-state index >= 15 is 0 Å². The van der Waals surface area contributed by atoms with Crippen molar-refractivity contribution in [2.24, 2.45) is 0 Å². The Morgan fingerprint density at radius 3 is 2.11 bits per heavy atom. The molecule has 0 fully saturated rings. The SMILES string of the molecule is CCC(C)c1ccc(S(=O)(=O)C(F)(F)CF)cc1. The summed E-state index contributed by atoms with van der Waals surface area (Å²) in [6.45, 7) is 1.69. The topological polar surface area (TPSA) is 34.1 Å². The Bertz CT molecular complexity index is 495. The average Bonchev–Trinajstić information content (AvgIpc) is 2.37. The molecule has 0 aliphatic carbocycles. The van der Waals surface area contributed by atoms with Crippen molar-refractivity contribution in [1.29, 1.82) is 0 Å². The Morgan fingerprint density at radius 2 is 1.72 bits per heavy atom. The van der Waals surface area contributed by atoms with Gasteiger partial charge in [0.2, 0.25) is 9.84 Å². The van der Waals surface area contributed by atoms with Crippen LogP contribution in [0.4, 0.5) is 13.2 Å². The maximum absolute atomic E-state index is 13.0. The minimum atomic E-state index is -4.95. The van der Waals surface area contributed by atoms with Crippen LogP contribution in [-0.2, 0) is 9.84 Å². The molecule has 1 aromatic rings. The third-order valence-electron chi connectivity index (χ3n) is 2.92. The highest BCUT2D eigenvalue weighted by molar-refractivity contribution is 7.92. The number of sulfone groups is 1. The van der Waals surface area contributed by atoms with Crippen LogP contribution in [0.3, 0.4) is 0 Å². The number of hydrogen-bond donors (Lipinski definition) is 0. The van der Waals surface area contributed by atoms with Crippen molar-refractivity contribution >= 4 is 9.84 Å². The van der Waals surface area contributed by atoms with Gasteiger partial charge in [-0.3, -0.25) is 0 Å². The number of rotatable bonds is 5. The van der Waals surface area contributed by atoms with Crippen LogP contribution in [0.1, 0.15) is 31.7 Å². The molecule has 0 saturated carbocycles. The highest BCUT2D eigenvalue weighted by Crippen LogP contribution is 2.30. The first kappa shape index (κ1) is 15.0. The molecule has 0 spiro atoms. The predicted molar refractivity (Wildman–Crippen MR) is 63.3 cm³/mol. The van der Waals surface area contributed by atoms with Crippen LogP contribution in [-0.4, -0.2) is 20.3 Å². The second-order valence-corrected chi connectivity index (χ2v) is 6.23. The summed E-state index contributed by atoms with van der Waals surface area (Å²) < 4.78 is 60.9. The molecular weight excluding hydrogens is 265 g/mol. The van der Waals surface area contributed by atoms with Crippen LogP contribution in [0.2, 0.25) is 0 Å². The van der Waals surface area contributed by atoms with Gasteiger partial charge in [-0.2, -0.15) is 8.78 Å². The lowest BCUT2D eigenvalue weighted by molar-refractivity contribution is 0.0620. The van der Waals surface area contributed by atoms with Gasteiger partial charge in [0.1, 0.15) is 0 Å². The lowest BCUT2D eigenvalue weighted by Crippen LogP contribution is -2.31.